The first kappa shape index (κ1) is 10.5. The van der Waals surface area contributed by atoms with E-state index in [1.807, 2.05) is 13.2 Å². The lowest BCUT2D eigenvalue weighted by atomic mass is 10.2. The summed E-state index contributed by atoms with van der Waals surface area (Å²) in [5.74, 6) is 1.10. The van der Waals surface area contributed by atoms with Crippen molar-refractivity contribution in [3.8, 4) is 28.6 Å². The fraction of sp³-hybridized carbons (Fsp3) is 0.0833. The van der Waals surface area contributed by atoms with E-state index in [1.165, 1.54) is 0 Å². The van der Waals surface area contributed by atoms with Gasteiger partial charge in [-0.1, -0.05) is 5.16 Å². The number of phenols is 1. The van der Waals surface area contributed by atoms with Crippen molar-refractivity contribution >= 4 is 0 Å². The van der Waals surface area contributed by atoms with Crippen molar-refractivity contribution in [1.29, 1.82) is 0 Å². The molecule has 0 spiro atoms. The van der Waals surface area contributed by atoms with Crippen LogP contribution in [-0.2, 0) is 7.05 Å². The van der Waals surface area contributed by atoms with Crippen molar-refractivity contribution in [2.45, 2.75) is 0 Å². The molecule has 1 aromatic carbocycles. The molecule has 0 radical (unpaired) electrons. The van der Waals surface area contributed by atoms with Crippen LogP contribution in [-0.4, -0.2) is 25.0 Å². The second kappa shape index (κ2) is 3.99. The number of aryl methyl sites for hydroxylation is 1. The second-order valence-corrected chi connectivity index (χ2v) is 3.87. The third kappa shape index (κ3) is 1.84. The van der Waals surface area contributed by atoms with Crippen molar-refractivity contribution in [3.63, 3.8) is 0 Å². The second-order valence-electron chi connectivity index (χ2n) is 3.87. The van der Waals surface area contributed by atoms with Crippen molar-refractivity contribution in [3.05, 3.63) is 36.7 Å². The van der Waals surface area contributed by atoms with Crippen molar-refractivity contribution < 1.29 is 9.63 Å². The van der Waals surface area contributed by atoms with Crippen LogP contribution in [0, 0.1) is 0 Å². The van der Waals surface area contributed by atoms with Gasteiger partial charge in [-0.05, 0) is 24.3 Å². The highest BCUT2D eigenvalue weighted by Crippen LogP contribution is 2.23. The van der Waals surface area contributed by atoms with Gasteiger partial charge in [0.1, 0.15) is 5.75 Å². The maximum atomic E-state index is 9.21. The minimum absolute atomic E-state index is 0.200. The Hall–Kier alpha value is -2.63. The molecule has 90 valence electrons. The fourth-order valence-electron chi connectivity index (χ4n) is 1.60. The topological polar surface area (TPSA) is 77.0 Å². The molecule has 0 saturated heterocycles. The Bertz CT molecular complexity index is 669. The number of aromatic hydroxyl groups is 1. The molecule has 3 aromatic rings. The smallest absolute Gasteiger partial charge is 0.258 e. The van der Waals surface area contributed by atoms with Gasteiger partial charge in [-0.15, -0.1) is 0 Å². The van der Waals surface area contributed by atoms with Crippen molar-refractivity contribution in [2.24, 2.45) is 7.05 Å². The van der Waals surface area contributed by atoms with Crippen LogP contribution < -0.4 is 0 Å². The van der Waals surface area contributed by atoms with Gasteiger partial charge in [-0.2, -0.15) is 10.1 Å². The van der Waals surface area contributed by atoms with Crippen LogP contribution in [0.25, 0.3) is 22.8 Å². The normalized spacial score (nSPS) is 10.7. The third-order valence-corrected chi connectivity index (χ3v) is 2.50. The van der Waals surface area contributed by atoms with Gasteiger partial charge in [0, 0.05) is 18.8 Å². The van der Waals surface area contributed by atoms with Gasteiger partial charge in [-0.3, -0.25) is 4.68 Å². The first-order valence-corrected chi connectivity index (χ1v) is 5.34. The summed E-state index contributed by atoms with van der Waals surface area (Å²) in [5.41, 5.74) is 1.56. The van der Waals surface area contributed by atoms with Gasteiger partial charge in [0.15, 0.2) is 0 Å². The first-order valence-electron chi connectivity index (χ1n) is 5.34. The number of aromatic nitrogens is 4. The molecule has 1 N–H and O–H groups in total. The van der Waals surface area contributed by atoms with Gasteiger partial charge in [0.25, 0.3) is 5.89 Å². The number of hydrogen-bond acceptors (Lipinski definition) is 5. The van der Waals surface area contributed by atoms with E-state index in [0.29, 0.717) is 11.7 Å². The molecule has 0 bridgehead atoms. The third-order valence-electron chi connectivity index (χ3n) is 2.50. The number of hydrogen-bond donors (Lipinski definition) is 1. The quantitative estimate of drug-likeness (QED) is 0.742. The predicted octanol–water partition coefficient (Wildman–Crippen LogP) is 1.84. The standard InChI is InChI=1S/C12H10N4O2/c1-16-7-9(6-13-16)11-14-12(18-15-11)8-2-4-10(17)5-3-8/h2-7,17H,1H3. The van der Waals surface area contributed by atoms with Crippen LogP contribution >= 0.6 is 0 Å². The summed E-state index contributed by atoms with van der Waals surface area (Å²) in [7, 11) is 1.82. The van der Waals surface area contributed by atoms with Gasteiger partial charge in [-0.25, -0.2) is 0 Å². The first-order chi connectivity index (χ1) is 8.72. The molecule has 2 aromatic heterocycles. The highest BCUT2D eigenvalue weighted by molar-refractivity contribution is 5.59. The molecule has 6 heteroatoms. The Morgan fingerprint density at radius 2 is 1.94 bits per heavy atom. The summed E-state index contributed by atoms with van der Waals surface area (Å²) in [6, 6.07) is 6.58. The van der Waals surface area contributed by atoms with Crippen LogP contribution in [0.4, 0.5) is 0 Å². The molecule has 0 aliphatic carbocycles. The van der Waals surface area contributed by atoms with Gasteiger partial charge in [0.2, 0.25) is 5.82 Å². The lowest BCUT2D eigenvalue weighted by Gasteiger charge is -1.93. The molecular weight excluding hydrogens is 232 g/mol. The molecule has 0 saturated carbocycles. The summed E-state index contributed by atoms with van der Waals surface area (Å²) in [6.07, 6.45) is 3.48. The summed E-state index contributed by atoms with van der Waals surface area (Å²) in [6.45, 7) is 0. The van der Waals surface area contributed by atoms with E-state index < -0.39 is 0 Å². The average Bonchev–Trinajstić information content (AvgIpc) is 2.98. The molecule has 0 aliphatic heterocycles. The van der Waals surface area contributed by atoms with E-state index in [9.17, 15) is 5.11 Å². The maximum Gasteiger partial charge on any atom is 0.258 e. The zero-order valence-corrected chi connectivity index (χ0v) is 9.61. The lowest BCUT2D eigenvalue weighted by molar-refractivity contribution is 0.432. The Kier molecular flexibility index (Phi) is 2.33. The summed E-state index contributed by atoms with van der Waals surface area (Å²) >= 11 is 0. The highest BCUT2D eigenvalue weighted by atomic mass is 16.5. The van der Waals surface area contributed by atoms with Crippen molar-refractivity contribution in [1.82, 2.24) is 19.9 Å². The minimum atomic E-state index is 0.200. The SMILES string of the molecule is Cn1cc(-c2noc(-c3ccc(O)cc3)n2)cn1. The van der Waals surface area contributed by atoms with Crippen LogP contribution in [0.2, 0.25) is 0 Å². The van der Waals surface area contributed by atoms with Gasteiger partial charge >= 0.3 is 0 Å². The summed E-state index contributed by atoms with van der Waals surface area (Å²) < 4.78 is 6.85. The fourth-order valence-corrected chi connectivity index (χ4v) is 1.60. The molecule has 0 unspecified atom stereocenters. The van der Waals surface area contributed by atoms with E-state index in [-0.39, 0.29) is 5.75 Å². The average molecular weight is 242 g/mol. The van der Waals surface area contributed by atoms with Crippen LogP contribution in [0.15, 0.2) is 41.2 Å². The van der Waals surface area contributed by atoms with Crippen molar-refractivity contribution in [2.75, 3.05) is 0 Å². The number of phenolic OH excluding ortho intramolecular Hbond substituents is 1. The van der Waals surface area contributed by atoms with E-state index in [2.05, 4.69) is 15.2 Å². The monoisotopic (exact) mass is 242 g/mol. The number of nitrogens with zero attached hydrogens (tertiary/aromatic N) is 4. The summed E-state index contributed by atoms with van der Waals surface area (Å²) in [5, 5.41) is 17.2. The Balaban J connectivity index is 1.96. The lowest BCUT2D eigenvalue weighted by Crippen LogP contribution is -1.84. The van der Waals surface area contributed by atoms with Crippen LogP contribution in [0.1, 0.15) is 0 Å². The molecule has 0 atom stereocenters. The zero-order valence-electron chi connectivity index (χ0n) is 9.61. The molecule has 2 heterocycles. The van der Waals surface area contributed by atoms with E-state index in [1.54, 1.807) is 35.1 Å². The predicted molar refractivity (Wildman–Crippen MR) is 63.6 cm³/mol. The van der Waals surface area contributed by atoms with E-state index >= 15 is 0 Å². The Morgan fingerprint density at radius 1 is 1.17 bits per heavy atom. The van der Waals surface area contributed by atoms with Crippen LogP contribution in [0.5, 0.6) is 5.75 Å². The van der Waals surface area contributed by atoms with E-state index in [0.717, 1.165) is 11.1 Å². The van der Waals surface area contributed by atoms with Gasteiger partial charge < -0.3 is 9.63 Å². The molecule has 0 fully saturated rings. The number of rotatable bonds is 2. The van der Waals surface area contributed by atoms with E-state index in [4.69, 9.17) is 4.52 Å². The molecule has 0 amide bonds. The molecular formula is C12H10N4O2. The largest absolute Gasteiger partial charge is 0.508 e. The minimum Gasteiger partial charge on any atom is -0.508 e. The molecule has 6 nitrogen and oxygen atoms in total. The van der Waals surface area contributed by atoms with Gasteiger partial charge in [0.05, 0.1) is 11.8 Å². The Labute approximate surface area is 102 Å². The molecule has 3 rings (SSSR count). The molecule has 18 heavy (non-hydrogen) atoms. The number of benzene rings is 1. The zero-order chi connectivity index (χ0) is 12.5. The highest BCUT2D eigenvalue weighted by Gasteiger charge is 2.11. The maximum absolute atomic E-state index is 9.21. The molecule has 0 aliphatic rings. The Morgan fingerprint density at radius 3 is 2.61 bits per heavy atom. The summed E-state index contributed by atoms with van der Waals surface area (Å²) in [4.78, 5) is 4.28. The van der Waals surface area contributed by atoms with Crippen LogP contribution in [0.3, 0.4) is 0 Å².